The van der Waals surface area contributed by atoms with Crippen LogP contribution in [0.1, 0.15) is 17.4 Å². The minimum Gasteiger partial charge on any atom is -0.477 e. The molecule has 1 atom stereocenters. The number of carboxylic acids is 1. The molecule has 1 aromatic carbocycles. The highest BCUT2D eigenvalue weighted by Gasteiger charge is 2.26. The minimum absolute atomic E-state index is 0.0878. The molecule has 6 nitrogen and oxygen atoms in total. The molecular formula is C13H11ClN4O2. The first-order valence-corrected chi connectivity index (χ1v) is 6.33. The summed E-state index contributed by atoms with van der Waals surface area (Å²) in [7, 11) is 0. The largest absolute Gasteiger partial charge is 0.477 e. The van der Waals surface area contributed by atoms with Crippen LogP contribution in [0.15, 0.2) is 36.0 Å². The first-order chi connectivity index (χ1) is 9.54. The van der Waals surface area contributed by atoms with Gasteiger partial charge in [0.2, 0.25) is 5.95 Å². The molecule has 0 saturated carbocycles. The Morgan fingerprint density at radius 2 is 2.10 bits per heavy atom. The van der Waals surface area contributed by atoms with E-state index in [2.05, 4.69) is 15.4 Å². The average molecular weight is 291 g/mol. The van der Waals surface area contributed by atoms with E-state index in [0.717, 1.165) is 5.56 Å². The number of hydrogen-bond donors (Lipinski definition) is 2. The summed E-state index contributed by atoms with van der Waals surface area (Å²) in [6.07, 6.45) is 1.60. The van der Waals surface area contributed by atoms with Crippen molar-refractivity contribution >= 4 is 23.5 Å². The molecule has 7 heteroatoms. The molecule has 1 aliphatic heterocycles. The standard InChI is InChI=1S/C13H11ClN4O2/c1-7-15-13-16-10(12(19)20)6-11(18(13)17-7)8-2-4-9(14)5-3-8/h2-6,11H,1H3,(H,19,20)(H,15,16,17)/t11-/m1/s1. The molecule has 0 spiro atoms. The maximum Gasteiger partial charge on any atom is 0.352 e. The molecule has 0 radical (unpaired) electrons. The van der Waals surface area contributed by atoms with E-state index in [1.54, 1.807) is 29.8 Å². The van der Waals surface area contributed by atoms with Gasteiger partial charge in [-0.3, -0.25) is 0 Å². The summed E-state index contributed by atoms with van der Waals surface area (Å²) >= 11 is 5.88. The Morgan fingerprint density at radius 3 is 2.75 bits per heavy atom. The Morgan fingerprint density at radius 1 is 1.40 bits per heavy atom. The van der Waals surface area contributed by atoms with Crippen molar-refractivity contribution < 1.29 is 9.90 Å². The molecule has 2 heterocycles. The summed E-state index contributed by atoms with van der Waals surface area (Å²) in [5, 5.41) is 16.8. The zero-order valence-corrected chi connectivity index (χ0v) is 11.3. The van der Waals surface area contributed by atoms with Gasteiger partial charge in [-0.1, -0.05) is 23.7 Å². The predicted octanol–water partition coefficient (Wildman–Crippen LogP) is 2.22. The van der Waals surface area contributed by atoms with Gasteiger partial charge in [0.25, 0.3) is 0 Å². The molecule has 0 amide bonds. The van der Waals surface area contributed by atoms with Crippen molar-refractivity contribution in [3.63, 3.8) is 0 Å². The zero-order chi connectivity index (χ0) is 14.3. The summed E-state index contributed by atoms with van der Waals surface area (Å²) in [6.45, 7) is 1.76. The highest BCUT2D eigenvalue weighted by Crippen LogP contribution is 2.29. The second-order valence-electron chi connectivity index (χ2n) is 4.43. The van der Waals surface area contributed by atoms with Gasteiger partial charge in [-0.2, -0.15) is 10.1 Å². The van der Waals surface area contributed by atoms with Gasteiger partial charge in [0.15, 0.2) is 0 Å². The van der Waals surface area contributed by atoms with E-state index in [0.29, 0.717) is 16.8 Å². The van der Waals surface area contributed by atoms with E-state index in [1.807, 2.05) is 12.1 Å². The normalized spacial score (nSPS) is 17.1. The van der Waals surface area contributed by atoms with E-state index in [-0.39, 0.29) is 11.7 Å². The molecule has 1 aliphatic rings. The molecule has 0 fully saturated rings. The fraction of sp³-hybridized carbons (Fsp3) is 0.154. The summed E-state index contributed by atoms with van der Waals surface area (Å²) in [5.41, 5.74) is 0.977. The van der Waals surface area contributed by atoms with Crippen molar-refractivity contribution in [2.24, 2.45) is 0 Å². The van der Waals surface area contributed by atoms with Crippen LogP contribution in [0.25, 0.3) is 0 Å². The first kappa shape index (κ1) is 12.7. The Kier molecular flexibility index (Phi) is 2.94. The van der Waals surface area contributed by atoms with Gasteiger partial charge in [-0.15, -0.1) is 0 Å². The molecule has 1 aromatic heterocycles. The lowest BCUT2D eigenvalue weighted by atomic mass is 10.0. The topological polar surface area (TPSA) is 80.0 Å². The van der Waals surface area contributed by atoms with Gasteiger partial charge in [0.05, 0.1) is 0 Å². The van der Waals surface area contributed by atoms with Gasteiger partial charge in [0, 0.05) is 5.02 Å². The maximum atomic E-state index is 11.2. The van der Waals surface area contributed by atoms with Crippen LogP contribution in [0.2, 0.25) is 5.02 Å². The quantitative estimate of drug-likeness (QED) is 0.886. The number of aromatic nitrogens is 3. The molecule has 102 valence electrons. The number of nitrogens with zero attached hydrogens (tertiary/aromatic N) is 3. The van der Waals surface area contributed by atoms with Crippen LogP contribution < -0.4 is 5.32 Å². The molecule has 0 aliphatic carbocycles. The lowest BCUT2D eigenvalue weighted by Gasteiger charge is -2.22. The smallest absolute Gasteiger partial charge is 0.352 e. The van der Waals surface area contributed by atoms with E-state index < -0.39 is 5.97 Å². The van der Waals surface area contributed by atoms with Crippen LogP contribution in [-0.4, -0.2) is 25.8 Å². The number of fused-ring (bicyclic) bond motifs is 1. The molecule has 20 heavy (non-hydrogen) atoms. The highest BCUT2D eigenvalue weighted by atomic mass is 35.5. The molecule has 2 N–H and O–H groups in total. The highest BCUT2D eigenvalue weighted by molar-refractivity contribution is 6.30. The van der Waals surface area contributed by atoms with Crippen molar-refractivity contribution in [3.05, 3.63) is 52.4 Å². The van der Waals surface area contributed by atoms with Crippen LogP contribution in [0.3, 0.4) is 0 Å². The van der Waals surface area contributed by atoms with Gasteiger partial charge >= 0.3 is 5.97 Å². The Balaban J connectivity index is 2.11. The molecule has 3 rings (SSSR count). The Bertz CT molecular complexity index is 706. The number of aryl methyl sites for hydroxylation is 1. The summed E-state index contributed by atoms with van der Waals surface area (Å²) in [6, 6.07) is 6.88. The third-order valence-corrected chi connectivity index (χ3v) is 3.27. The lowest BCUT2D eigenvalue weighted by Crippen LogP contribution is -2.24. The predicted molar refractivity (Wildman–Crippen MR) is 73.7 cm³/mol. The van der Waals surface area contributed by atoms with Crippen molar-refractivity contribution in [1.29, 1.82) is 0 Å². The van der Waals surface area contributed by atoms with Gasteiger partial charge < -0.3 is 10.4 Å². The Hall–Kier alpha value is -2.34. The number of anilines is 1. The minimum atomic E-state index is -1.03. The van der Waals surface area contributed by atoms with E-state index >= 15 is 0 Å². The average Bonchev–Trinajstić information content (AvgIpc) is 2.78. The summed E-state index contributed by atoms with van der Waals surface area (Å²) < 4.78 is 1.66. The monoisotopic (exact) mass is 290 g/mol. The molecular weight excluding hydrogens is 280 g/mol. The number of carbonyl (C=O) groups is 1. The van der Waals surface area contributed by atoms with Crippen LogP contribution >= 0.6 is 11.6 Å². The number of aliphatic carboxylic acids is 1. The molecule has 0 unspecified atom stereocenters. The van der Waals surface area contributed by atoms with Gasteiger partial charge in [-0.05, 0) is 30.7 Å². The second-order valence-corrected chi connectivity index (χ2v) is 4.87. The summed E-state index contributed by atoms with van der Waals surface area (Å²) in [4.78, 5) is 15.4. The van der Waals surface area contributed by atoms with Crippen molar-refractivity contribution in [2.75, 3.05) is 5.32 Å². The molecule has 2 aromatic rings. The van der Waals surface area contributed by atoms with Crippen LogP contribution in [0, 0.1) is 6.92 Å². The first-order valence-electron chi connectivity index (χ1n) is 5.95. The maximum absolute atomic E-state index is 11.2. The van der Waals surface area contributed by atoms with Crippen LogP contribution in [-0.2, 0) is 4.79 Å². The lowest BCUT2D eigenvalue weighted by molar-refractivity contribution is -0.132. The van der Waals surface area contributed by atoms with Gasteiger partial charge in [0.1, 0.15) is 17.6 Å². The second kappa shape index (κ2) is 4.64. The Labute approximate surface area is 119 Å². The van der Waals surface area contributed by atoms with E-state index in [9.17, 15) is 9.90 Å². The number of hydrogen-bond acceptors (Lipinski definition) is 4. The fourth-order valence-corrected chi connectivity index (χ4v) is 2.25. The van der Waals surface area contributed by atoms with Crippen LogP contribution in [0.4, 0.5) is 5.95 Å². The third kappa shape index (κ3) is 2.14. The van der Waals surface area contributed by atoms with Crippen molar-refractivity contribution in [1.82, 2.24) is 14.8 Å². The molecule has 0 bridgehead atoms. The van der Waals surface area contributed by atoms with Gasteiger partial charge in [-0.25, -0.2) is 9.48 Å². The number of allylic oxidation sites excluding steroid dienone is 1. The van der Waals surface area contributed by atoms with Crippen molar-refractivity contribution in [3.8, 4) is 0 Å². The van der Waals surface area contributed by atoms with Crippen LogP contribution in [0.5, 0.6) is 0 Å². The number of benzene rings is 1. The SMILES string of the molecule is Cc1nc2n(n1)[C@@H](c1ccc(Cl)cc1)C=C(C(=O)O)N2. The van der Waals surface area contributed by atoms with E-state index in [1.165, 1.54) is 0 Å². The number of halogens is 1. The van der Waals surface area contributed by atoms with Crippen molar-refractivity contribution in [2.45, 2.75) is 13.0 Å². The third-order valence-electron chi connectivity index (χ3n) is 3.01. The molecule has 0 saturated heterocycles. The number of nitrogens with one attached hydrogen (secondary N) is 1. The summed E-state index contributed by atoms with van der Waals surface area (Å²) in [5.74, 6) is -0.0373. The zero-order valence-electron chi connectivity index (χ0n) is 10.5. The number of carboxylic acid groups (broad SMARTS) is 1. The van der Waals surface area contributed by atoms with E-state index in [4.69, 9.17) is 11.6 Å². The number of rotatable bonds is 2. The fourth-order valence-electron chi connectivity index (χ4n) is 2.12.